The van der Waals surface area contributed by atoms with E-state index in [0.717, 1.165) is 42.9 Å². The lowest BCUT2D eigenvalue weighted by Crippen LogP contribution is -2.27. The molecule has 1 aromatic rings. The Morgan fingerprint density at radius 3 is 2.75 bits per heavy atom. The Bertz CT molecular complexity index is 471. The lowest BCUT2D eigenvalue weighted by molar-refractivity contribution is -0.120. The molecule has 4 nitrogen and oxygen atoms in total. The van der Waals surface area contributed by atoms with E-state index in [1.165, 1.54) is 24.1 Å². The lowest BCUT2D eigenvalue weighted by atomic mass is 9.89. The SMILES string of the molecule is Cl.N[C@H]1CCc2nc(NC(=O)C3CCCCC3)sc2C1. The Morgan fingerprint density at radius 2 is 2.00 bits per heavy atom. The number of fused-ring (bicyclic) bond motifs is 1. The van der Waals surface area contributed by atoms with Gasteiger partial charge in [-0.05, 0) is 32.1 Å². The van der Waals surface area contributed by atoms with Crippen molar-refractivity contribution in [2.45, 2.75) is 57.4 Å². The minimum Gasteiger partial charge on any atom is -0.327 e. The molecular formula is C14H22ClN3OS. The van der Waals surface area contributed by atoms with Crippen LogP contribution >= 0.6 is 23.7 Å². The van der Waals surface area contributed by atoms with Crippen molar-refractivity contribution >= 4 is 34.8 Å². The molecule has 112 valence electrons. The van der Waals surface area contributed by atoms with Gasteiger partial charge in [0.2, 0.25) is 5.91 Å². The standard InChI is InChI=1S/C14H21N3OS.ClH/c15-10-6-7-11-12(8-10)19-14(16-11)17-13(18)9-4-2-1-3-5-9;/h9-10H,1-8,15H2,(H,16,17,18);1H/t10-;/m0./s1. The molecule has 0 unspecified atom stereocenters. The molecule has 1 amide bonds. The van der Waals surface area contributed by atoms with Gasteiger partial charge in [-0.25, -0.2) is 4.98 Å². The number of thiazole rings is 1. The molecule has 1 fully saturated rings. The molecular weight excluding hydrogens is 294 g/mol. The zero-order valence-electron chi connectivity index (χ0n) is 11.6. The molecule has 0 bridgehead atoms. The van der Waals surface area contributed by atoms with Crippen LogP contribution in [0.5, 0.6) is 0 Å². The second kappa shape index (κ2) is 6.87. The first-order chi connectivity index (χ1) is 9.22. The molecule has 0 saturated heterocycles. The number of nitrogens with two attached hydrogens (primary N) is 1. The lowest BCUT2D eigenvalue weighted by Gasteiger charge is -2.19. The van der Waals surface area contributed by atoms with E-state index in [2.05, 4.69) is 10.3 Å². The minimum absolute atomic E-state index is 0. The van der Waals surface area contributed by atoms with E-state index in [-0.39, 0.29) is 30.3 Å². The number of carbonyl (C=O) groups excluding carboxylic acids is 1. The first-order valence-corrected chi connectivity index (χ1v) is 8.09. The molecule has 6 heteroatoms. The summed E-state index contributed by atoms with van der Waals surface area (Å²) >= 11 is 1.61. The zero-order chi connectivity index (χ0) is 13.2. The van der Waals surface area contributed by atoms with Crippen LogP contribution in [0.3, 0.4) is 0 Å². The molecule has 0 aromatic carbocycles. The number of aromatic nitrogens is 1. The Labute approximate surface area is 129 Å². The molecule has 1 atom stereocenters. The maximum absolute atomic E-state index is 12.2. The highest BCUT2D eigenvalue weighted by Crippen LogP contribution is 2.30. The average Bonchev–Trinajstić information content (AvgIpc) is 2.81. The van der Waals surface area contributed by atoms with Gasteiger partial charge < -0.3 is 11.1 Å². The topological polar surface area (TPSA) is 68.0 Å². The summed E-state index contributed by atoms with van der Waals surface area (Å²) in [5, 5.41) is 3.78. The molecule has 1 aromatic heterocycles. The van der Waals surface area contributed by atoms with Crippen molar-refractivity contribution in [2.75, 3.05) is 5.32 Å². The summed E-state index contributed by atoms with van der Waals surface area (Å²) in [6.45, 7) is 0. The number of halogens is 1. The molecule has 0 spiro atoms. The molecule has 2 aliphatic rings. The fourth-order valence-corrected chi connectivity index (χ4v) is 4.13. The Hall–Kier alpha value is -0.650. The third-order valence-corrected chi connectivity index (χ3v) is 5.22. The highest BCUT2D eigenvalue weighted by Gasteiger charge is 2.24. The van der Waals surface area contributed by atoms with Gasteiger partial charge in [-0.15, -0.1) is 23.7 Å². The number of hydrogen-bond acceptors (Lipinski definition) is 4. The maximum Gasteiger partial charge on any atom is 0.229 e. The number of nitrogens with one attached hydrogen (secondary N) is 1. The van der Waals surface area contributed by atoms with Gasteiger partial charge in [-0.3, -0.25) is 4.79 Å². The molecule has 2 aliphatic carbocycles. The van der Waals surface area contributed by atoms with Crippen LogP contribution in [-0.4, -0.2) is 16.9 Å². The normalized spacial score (nSPS) is 22.8. The van der Waals surface area contributed by atoms with Gasteiger partial charge in [0.1, 0.15) is 0 Å². The molecule has 1 saturated carbocycles. The van der Waals surface area contributed by atoms with Crippen LogP contribution in [-0.2, 0) is 17.6 Å². The second-order valence-electron chi connectivity index (χ2n) is 5.72. The summed E-state index contributed by atoms with van der Waals surface area (Å²) in [5.74, 6) is 0.354. The quantitative estimate of drug-likeness (QED) is 0.881. The Kier molecular flexibility index (Phi) is 5.41. The molecule has 1 heterocycles. The van der Waals surface area contributed by atoms with Crippen molar-refractivity contribution in [3.63, 3.8) is 0 Å². The van der Waals surface area contributed by atoms with E-state index >= 15 is 0 Å². The fourth-order valence-electron chi connectivity index (χ4n) is 3.03. The van der Waals surface area contributed by atoms with Crippen molar-refractivity contribution < 1.29 is 4.79 Å². The second-order valence-corrected chi connectivity index (χ2v) is 6.80. The van der Waals surface area contributed by atoms with E-state index in [4.69, 9.17) is 5.73 Å². The molecule has 0 radical (unpaired) electrons. The number of rotatable bonds is 2. The van der Waals surface area contributed by atoms with Crippen LogP contribution in [0, 0.1) is 5.92 Å². The number of hydrogen-bond donors (Lipinski definition) is 2. The predicted octanol–water partition coefficient (Wildman–Crippen LogP) is 2.90. The molecule has 3 N–H and O–H groups in total. The number of amides is 1. The zero-order valence-corrected chi connectivity index (χ0v) is 13.2. The number of aryl methyl sites for hydroxylation is 1. The summed E-state index contributed by atoms with van der Waals surface area (Å²) < 4.78 is 0. The molecule has 20 heavy (non-hydrogen) atoms. The highest BCUT2D eigenvalue weighted by molar-refractivity contribution is 7.15. The summed E-state index contributed by atoms with van der Waals surface area (Å²) in [5.41, 5.74) is 7.11. The Balaban J connectivity index is 0.00000147. The van der Waals surface area contributed by atoms with Crippen LogP contribution < -0.4 is 11.1 Å². The predicted molar refractivity (Wildman–Crippen MR) is 84.6 cm³/mol. The third kappa shape index (κ3) is 3.51. The van der Waals surface area contributed by atoms with Gasteiger partial charge in [0.25, 0.3) is 0 Å². The van der Waals surface area contributed by atoms with Gasteiger partial charge in [-0.2, -0.15) is 0 Å². The van der Waals surface area contributed by atoms with Crippen molar-refractivity contribution in [1.29, 1.82) is 0 Å². The summed E-state index contributed by atoms with van der Waals surface area (Å²) in [6.07, 6.45) is 8.56. The number of nitrogens with zero attached hydrogens (tertiary/aromatic N) is 1. The summed E-state index contributed by atoms with van der Waals surface area (Å²) in [7, 11) is 0. The van der Waals surface area contributed by atoms with E-state index in [1.54, 1.807) is 11.3 Å². The van der Waals surface area contributed by atoms with Gasteiger partial charge in [-0.1, -0.05) is 19.3 Å². The Morgan fingerprint density at radius 1 is 1.25 bits per heavy atom. The van der Waals surface area contributed by atoms with Crippen LogP contribution in [0.2, 0.25) is 0 Å². The first-order valence-electron chi connectivity index (χ1n) is 7.27. The summed E-state index contributed by atoms with van der Waals surface area (Å²) in [4.78, 5) is 18.0. The van der Waals surface area contributed by atoms with Crippen LogP contribution in [0.1, 0.15) is 49.1 Å². The van der Waals surface area contributed by atoms with Crippen molar-refractivity contribution in [3.8, 4) is 0 Å². The monoisotopic (exact) mass is 315 g/mol. The van der Waals surface area contributed by atoms with Crippen LogP contribution in [0.25, 0.3) is 0 Å². The van der Waals surface area contributed by atoms with E-state index < -0.39 is 0 Å². The minimum atomic E-state index is 0. The van der Waals surface area contributed by atoms with Crippen molar-refractivity contribution in [1.82, 2.24) is 4.98 Å². The smallest absolute Gasteiger partial charge is 0.229 e. The average molecular weight is 316 g/mol. The van der Waals surface area contributed by atoms with Gasteiger partial charge in [0.15, 0.2) is 5.13 Å². The summed E-state index contributed by atoms with van der Waals surface area (Å²) in [6, 6.07) is 0.259. The fraction of sp³-hybridized carbons (Fsp3) is 0.714. The van der Waals surface area contributed by atoms with Crippen LogP contribution in [0.15, 0.2) is 0 Å². The van der Waals surface area contributed by atoms with Crippen LogP contribution in [0.4, 0.5) is 5.13 Å². The third-order valence-electron chi connectivity index (χ3n) is 4.18. The molecule has 0 aliphatic heterocycles. The van der Waals surface area contributed by atoms with E-state index in [0.29, 0.717) is 0 Å². The largest absolute Gasteiger partial charge is 0.327 e. The van der Waals surface area contributed by atoms with Gasteiger partial charge in [0, 0.05) is 16.8 Å². The van der Waals surface area contributed by atoms with Gasteiger partial charge in [0.05, 0.1) is 5.69 Å². The molecule has 3 rings (SSSR count). The number of carbonyl (C=O) groups is 1. The number of anilines is 1. The van der Waals surface area contributed by atoms with Gasteiger partial charge >= 0.3 is 0 Å². The highest BCUT2D eigenvalue weighted by atomic mass is 35.5. The van der Waals surface area contributed by atoms with E-state index in [9.17, 15) is 4.79 Å². The maximum atomic E-state index is 12.2. The van der Waals surface area contributed by atoms with Crippen molar-refractivity contribution in [3.05, 3.63) is 10.6 Å². The van der Waals surface area contributed by atoms with Crippen molar-refractivity contribution in [2.24, 2.45) is 11.7 Å². The first kappa shape index (κ1) is 15.7. The van der Waals surface area contributed by atoms with E-state index in [1.807, 2.05) is 0 Å².